The van der Waals surface area contributed by atoms with Crippen LogP contribution in [0.25, 0.3) is 0 Å². The predicted molar refractivity (Wildman–Crippen MR) is 129 cm³/mol. The Labute approximate surface area is 194 Å². The first kappa shape index (κ1) is 22.5. The molecule has 6 heteroatoms. The van der Waals surface area contributed by atoms with Crippen LogP contribution in [-0.2, 0) is 6.42 Å². The molecule has 0 amide bonds. The minimum Gasteiger partial charge on any atom is -0.497 e. The van der Waals surface area contributed by atoms with Crippen LogP contribution in [0.4, 0.5) is 0 Å². The lowest BCUT2D eigenvalue weighted by atomic mass is 9.87. The highest BCUT2D eigenvalue weighted by Gasteiger charge is 2.29. The summed E-state index contributed by atoms with van der Waals surface area (Å²) in [6.45, 7) is 2.44. The van der Waals surface area contributed by atoms with Crippen LogP contribution in [-0.4, -0.2) is 40.8 Å². The van der Waals surface area contributed by atoms with E-state index in [1.807, 2.05) is 49.4 Å². The van der Waals surface area contributed by atoms with E-state index in [4.69, 9.17) is 28.7 Å². The first-order valence-electron chi connectivity index (χ1n) is 10.9. The molecule has 6 nitrogen and oxygen atoms in total. The molecule has 3 aromatic carbocycles. The van der Waals surface area contributed by atoms with Crippen LogP contribution in [0.15, 0.2) is 59.6 Å². The number of nitrogens with zero attached hydrogens (tertiary/aromatic N) is 1. The van der Waals surface area contributed by atoms with Crippen molar-refractivity contribution < 1.29 is 23.7 Å². The number of methoxy groups -OCH3 is 4. The monoisotopic (exact) mass is 447 g/mol. The smallest absolute Gasteiger partial charge is 0.170 e. The molecule has 0 N–H and O–H groups in total. The molecular formula is C27H29NO5. The Morgan fingerprint density at radius 2 is 1.48 bits per heavy atom. The topological polar surface area (TPSA) is 58.5 Å². The summed E-state index contributed by atoms with van der Waals surface area (Å²) in [6, 6.07) is 18.0. The van der Waals surface area contributed by atoms with Gasteiger partial charge >= 0.3 is 0 Å². The number of aliphatic imine (C=N–C) groups is 1. The highest BCUT2D eigenvalue weighted by Crippen LogP contribution is 2.43. The summed E-state index contributed by atoms with van der Waals surface area (Å²) in [6.07, 6.45) is 0.744. The summed E-state index contributed by atoms with van der Waals surface area (Å²) in [7, 11) is 6.54. The van der Waals surface area contributed by atoms with Crippen LogP contribution in [0, 0.1) is 0 Å². The zero-order chi connectivity index (χ0) is 23.4. The summed E-state index contributed by atoms with van der Waals surface area (Å²) in [5.74, 6) is 3.23. The second-order valence-corrected chi connectivity index (χ2v) is 7.61. The maximum absolute atomic E-state index is 6.05. The van der Waals surface area contributed by atoms with E-state index in [1.165, 1.54) is 0 Å². The molecule has 33 heavy (non-hydrogen) atoms. The summed E-state index contributed by atoms with van der Waals surface area (Å²) in [4.78, 5) is 5.22. The first-order chi connectivity index (χ1) is 16.1. The SMILES string of the molecule is CCOc1c(OC)cc(OC)cc1C1=NC(c2ccccc2)Cc2cc(OC)c(OC)cc21. The van der Waals surface area contributed by atoms with Crippen molar-refractivity contribution in [1.82, 2.24) is 0 Å². The number of ether oxygens (including phenoxy) is 5. The van der Waals surface area contributed by atoms with Gasteiger partial charge in [-0.3, -0.25) is 4.99 Å². The van der Waals surface area contributed by atoms with Crippen LogP contribution < -0.4 is 23.7 Å². The molecule has 1 heterocycles. The van der Waals surface area contributed by atoms with Gasteiger partial charge in [-0.1, -0.05) is 30.3 Å². The minimum absolute atomic E-state index is 0.0570. The van der Waals surface area contributed by atoms with Crippen molar-refractivity contribution in [2.45, 2.75) is 19.4 Å². The van der Waals surface area contributed by atoms with Gasteiger partial charge in [0, 0.05) is 17.2 Å². The fraction of sp³-hybridized carbons (Fsp3) is 0.296. The number of hydrogen-bond donors (Lipinski definition) is 0. The molecule has 0 saturated heterocycles. The molecule has 172 valence electrons. The summed E-state index contributed by atoms with van der Waals surface area (Å²) in [5.41, 5.74) is 4.84. The maximum atomic E-state index is 6.05. The summed E-state index contributed by atoms with van der Waals surface area (Å²) >= 11 is 0. The lowest BCUT2D eigenvalue weighted by Gasteiger charge is -2.27. The highest BCUT2D eigenvalue weighted by atomic mass is 16.5. The van der Waals surface area contributed by atoms with Gasteiger partial charge in [-0.25, -0.2) is 0 Å². The van der Waals surface area contributed by atoms with Crippen molar-refractivity contribution >= 4 is 5.71 Å². The van der Waals surface area contributed by atoms with E-state index in [2.05, 4.69) is 12.1 Å². The molecule has 0 spiro atoms. The van der Waals surface area contributed by atoms with Gasteiger partial charge in [0.2, 0.25) is 0 Å². The third-order valence-electron chi connectivity index (χ3n) is 5.77. The molecule has 0 bridgehead atoms. The first-order valence-corrected chi connectivity index (χ1v) is 10.9. The van der Waals surface area contributed by atoms with Crippen LogP contribution in [0.3, 0.4) is 0 Å². The molecule has 0 aromatic heterocycles. The highest BCUT2D eigenvalue weighted by molar-refractivity contribution is 6.17. The van der Waals surface area contributed by atoms with Gasteiger partial charge < -0.3 is 23.7 Å². The Kier molecular flexibility index (Phi) is 6.73. The molecule has 4 rings (SSSR count). The average Bonchev–Trinajstić information content (AvgIpc) is 2.87. The molecule has 1 aliphatic heterocycles. The quantitative estimate of drug-likeness (QED) is 0.472. The summed E-state index contributed by atoms with van der Waals surface area (Å²) < 4.78 is 28.5. The Balaban J connectivity index is 1.99. The second kappa shape index (κ2) is 9.86. The normalized spacial score (nSPS) is 14.7. The third-order valence-corrected chi connectivity index (χ3v) is 5.77. The van der Waals surface area contributed by atoms with Crippen LogP contribution >= 0.6 is 0 Å². The second-order valence-electron chi connectivity index (χ2n) is 7.61. The number of fused-ring (bicyclic) bond motifs is 1. The fourth-order valence-corrected chi connectivity index (χ4v) is 4.19. The molecular weight excluding hydrogens is 418 g/mol. The third kappa shape index (κ3) is 4.33. The van der Waals surface area contributed by atoms with Crippen molar-refractivity contribution in [1.29, 1.82) is 0 Å². The van der Waals surface area contributed by atoms with Gasteiger partial charge in [0.15, 0.2) is 23.0 Å². The van der Waals surface area contributed by atoms with E-state index in [9.17, 15) is 0 Å². The van der Waals surface area contributed by atoms with E-state index in [1.54, 1.807) is 28.4 Å². The molecule has 1 aliphatic rings. The standard InChI is InChI=1S/C27H29NO5/c1-6-33-27-21(14-19(29-2)15-25(27)32-5)26-20-16-24(31-4)23(30-3)13-18(20)12-22(28-26)17-10-8-7-9-11-17/h7-11,13-16,22H,6,12H2,1-5H3. The Bertz CT molecular complexity index is 1160. The number of rotatable bonds is 8. The molecule has 3 aromatic rings. The Hall–Kier alpha value is -3.67. The fourth-order valence-electron chi connectivity index (χ4n) is 4.19. The molecule has 0 radical (unpaired) electrons. The van der Waals surface area contributed by atoms with Gasteiger partial charge in [-0.05, 0) is 42.7 Å². The summed E-state index contributed by atoms with van der Waals surface area (Å²) in [5, 5.41) is 0. The molecule has 1 unspecified atom stereocenters. The largest absolute Gasteiger partial charge is 0.497 e. The van der Waals surface area contributed by atoms with Crippen molar-refractivity contribution in [3.63, 3.8) is 0 Å². The van der Waals surface area contributed by atoms with E-state index in [0.717, 1.165) is 34.4 Å². The van der Waals surface area contributed by atoms with Crippen molar-refractivity contribution in [2.75, 3.05) is 35.0 Å². The molecule has 1 atom stereocenters. The van der Waals surface area contributed by atoms with Crippen molar-refractivity contribution in [3.05, 3.63) is 76.9 Å². The van der Waals surface area contributed by atoms with Gasteiger partial charge in [0.05, 0.1) is 46.8 Å². The molecule has 0 fully saturated rings. The molecule has 0 saturated carbocycles. The van der Waals surface area contributed by atoms with Gasteiger partial charge in [-0.15, -0.1) is 0 Å². The van der Waals surface area contributed by atoms with E-state index in [0.29, 0.717) is 35.4 Å². The Morgan fingerprint density at radius 3 is 2.12 bits per heavy atom. The number of benzene rings is 3. The Morgan fingerprint density at radius 1 is 0.788 bits per heavy atom. The lowest BCUT2D eigenvalue weighted by Crippen LogP contribution is -2.19. The molecule has 0 aliphatic carbocycles. The van der Waals surface area contributed by atoms with Gasteiger partial charge in [0.25, 0.3) is 0 Å². The van der Waals surface area contributed by atoms with Crippen LogP contribution in [0.5, 0.6) is 28.7 Å². The minimum atomic E-state index is -0.0570. The number of hydrogen-bond acceptors (Lipinski definition) is 6. The average molecular weight is 448 g/mol. The lowest BCUT2D eigenvalue weighted by molar-refractivity contribution is 0.308. The zero-order valence-corrected chi connectivity index (χ0v) is 19.7. The maximum Gasteiger partial charge on any atom is 0.170 e. The zero-order valence-electron chi connectivity index (χ0n) is 19.7. The van der Waals surface area contributed by atoms with Crippen LogP contribution in [0.1, 0.15) is 35.2 Å². The van der Waals surface area contributed by atoms with E-state index < -0.39 is 0 Å². The van der Waals surface area contributed by atoms with Gasteiger partial charge in [0.1, 0.15) is 5.75 Å². The van der Waals surface area contributed by atoms with Crippen LogP contribution in [0.2, 0.25) is 0 Å². The van der Waals surface area contributed by atoms with Crippen molar-refractivity contribution in [2.24, 2.45) is 4.99 Å². The van der Waals surface area contributed by atoms with Gasteiger partial charge in [-0.2, -0.15) is 0 Å². The predicted octanol–water partition coefficient (Wildman–Crippen LogP) is 5.25. The van der Waals surface area contributed by atoms with E-state index >= 15 is 0 Å². The van der Waals surface area contributed by atoms with Crippen molar-refractivity contribution in [3.8, 4) is 28.7 Å². The van der Waals surface area contributed by atoms with E-state index in [-0.39, 0.29) is 6.04 Å².